The molecule has 0 atom stereocenters. The third-order valence-electron chi connectivity index (χ3n) is 3.93. The molecule has 3 aromatic rings. The smallest absolute Gasteiger partial charge is 0.273 e. The van der Waals surface area contributed by atoms with Crippen molar-refractivity contribution in [3.63, 3.8) is 0 Å². The van der Waals surface area contributed by atoms with Gasteiger partial charge in [0.05, 0.1) is 10.2 Å². The molecule has 7 heteroatoms. The zero-order chi connectivity index (χ0) is 14.9. The molecule has 1 aliphatic rings. The number of ether oxygens (including phenoxy) is 1. The van der Waals surface area contributed by atoms with Crippen LogP contribution >= 0.6 is 22.7 Å². The van der Waals surface area contributed by atoms with Gasteiger partial charge in [-0.25, -0.2) is 15.0 Å². The first-order valence-electron chi connectivity index (χ1n) is 7.31. The van der Waals surface area contributed by atoms with E-state index in [1.165, 1.54) is 10.3 Å². The van der Waals surface area contributed by atoms with Crippen LogP contribution in [0.1, 0.15) is 18.4 Å². The molecule has 0 N–H and O–H groups in total. The third kappa shape index (κ3) is 2.55. The van der Waals surface area contributed by atoms with E-state index in [4.69, 9.17) is 4.74 Å². The Morgan fingerprint density at radius 1 is 1.18 bits per heavy atom. The SMILES string of the molecule is Cc1csc2c(N3CCC(Oc4nccs4)CC3)ncnc12. The highest BCUT2D eigenvalue weighted by Gasteiger charge is 2.24. The predicted octanol–water partition coefficient (Wildman–Crippen LogP) is 3.50. The molecule has 0 saturated carbocycles. The molecule has 1 fully saturated rings. The standard InChI is InChI=1S/C15H16N4OS2/c1-10-8-22-13-12(10)17-9-18-14(13)19-5-2-11(3-6-19)20-15-16-4-7-21-15/h4,7-9,11H,2-3,5-6H2,1H3. The number of thiazole rings is 1. The summed E-state index contributed by atoms with van der Waals surface area (Å²) in [5.74, 6) is 1.07. The lowest BCUT2D eigenvalue weighted by atomic mass is 10.1. The maximum absolute atomic E-state index is 5.92. The molecule has 3 aromatic heterocycles. The number of aryl methyl sites for hydroxylation is 1. The highest BCUT2D eigenvalue weighted by Crippen LogP contribution is 2.32. The monoisotopic (exact) mass is 332 g/mol. The molecule has 0 radical (unpaired) electrons. The van der Waals surface area contributed by atoms with Gasteiger partial charge < -0.3 is 9.64 Å². The lowest BCUT2D eigenvalue weighted by Gasteiger charge is -2.32. The Morgan fingerprint density at radius 2 is 2.05 bits per heavy atom. The number of aromatic nitrogens is 3. The van der Waals surface area contributed by atoms with Gasteiger partial charge in [-0.15, -0.1) is 11.3 Å². The van der Waals surface area contributed by atoms with Crippen molar-refractivity contribution in [2.45, 2.75) is 25.9 Å². The first-order chi connectivity index (χ1) is 10.8. The minimum Gasteiger partial charge on any atom is -0.467 e. The highest BCUT2D eigenvalue weighted by atomic mass is 32.1. The topological polar surface area (TPSA) is 51.1 Å². The summed E-state index contributed by atoms with van der Waals surface area (Å²) in [5, 5.41) is 4.87. The molecular weight excluding hydrogens is 316 g/mol. The molecule has 5 nitrogen and oxygen atoms in total. The van der Waals surface area contributed by atoms with E-state index in [0.29, 0.717) is 0 Å². The Balaban J connectivity index is 1.48. The largest absolute Gasteiger partial charge is 0.467 e. The second-order valence-electron chi connectivity index (χ2n) is 5.40. The molecule has 1 aliphatic heterocycles. The van der Waals surface area contributed by atoms with Gasteiger partial charge in [-0.05, 0) is 17.9 Å². The van der Waals surface area contributed by atoms with Crippen LogP contribution < -0.4 is 9.64 Å². The van der Waals surface area contributed by atoms with Crippen LogP contribution in [0.2, 0.25) is 0 Å². The summed E-state index contributed by atoms with van der Waals surface area (Å²) in [6.07, 6.45) is 5.71. The molecule has 0 aliphatic carbocycles. The van der Waals surface area contributed by atoms with Crippen LogP contribution in [-0.4, -0.2) is 34.1 Å². The molecule has 0 amide bonds. The molecule has 0 aromatic carbocycles. The first kappa shape index (κ1) is 13.9. The van der Waals surface area contributed by atoms with Gasteiger partial charge in [-0.3, -0.25) is 0 Å². The fourth-order valence-corrected chi connectivity index (χ4v) is 4.35. The first-order valence-corrected chi connectivity index (χ1v) is 9.07. The molecule has 0 spiro atoms. The van der Waals surface area contributed by atoms with Crippen molar-refractivity contribution in [2.75, 3.05) is 18.0 Å². The minimum absolute atomic E-state index is 0.254. The van der Waals surface area contributed by atoms with Crippen LogP contribution in [0.5, 0.6) is 5.19 Å². The Kier molecular flexibility index (Phi) is 3.67. The molecule has 114 valence electrons. The van der Waals surface area contributed by atoms with Crippen molar-refractivity contribution < 1.29 is 4.74 Å². The van der Waals surface area contributed by atoms with Gasteiger partial charge in [-0.2, -0.15) is 0 Å². The second kappa shape index (κ2) is 5.81. The van der Waals surface area contributed by atoms with Crippen molar-refractivity contribution in [1.29, 1.82) is 0 Å². The fraction of sp³-hybridized carbons (Fsp3) is 0.400. The van der Waals surface area contributed by atoms with Crippen molar-refractivity contribution in [2.24, 2.45) is 0 Å². The van der Waals surface area contributed by atoms with E-state index in [9.17, 15) is 0 Å². The van der Waals surface area contributed by atoms with E-state index in [1.807, 2.05) is 5.38 Å². The fourth-order valence-electron chi connectivity index (χ4n) is 2.78. The Hall–Kier alpha value is -1.73. The predicted molar refractivity (Wildman–Crippen MR) is 90.1 cm³/mol. The maximum Gasteiger partial charge on any atom is 0.273 e. The lowest BCUT2D eigenvalue weighted by molar-refractivity contribution is 0.170. The Labute approximate surface area is 136 Å². The van der Waals surface area contributed by atoms with Crippen molar-refractivity contribution in [3.8, 4) is 5.19 Å². The van der Waals surface area contributed by atoms with Gasteiger partial charge in [-0.1, -0.05) is 11.3 Å². The summed E-state index contributed by atoms with van der Waals surface area (Å²) in [4.78, 5) is 15.5. The average Bonchev–Trinajstić information content (AvgIpc) is 3.18. The average molecular weight is 332 g/mol. The molecule has 0 unspecified atom stereocenters. The number of rotatable bonds is 3. The van der Waals surface area contributed by atoms with Crippen LogP contribution in [0.3, 0.4) is 0 Å². The summed E-state index contributed by atoms with van der Waals surface area (Å²) in [7, 11) is 0. The van der Waals surface area contributed by atoms with E-state index in [2.05, 4.69) is 32.2 Å². The number of thiophene rings is 1. The second-order valence-corrected chi connectivity index (χ2v) is 7.13. The summed E-state index contributed by atoms with van der Waals surface area (Å²) >= 11 is 3.29. The quantitative estimate of drug-likeness (QED) is 0.735. The highest BCUT2D eigenvalue weighted by molar-refractivity contribution is 7.18. The van der Waals surface area contributed by atoms with Crippen molar-refractivity contribution in [1.82, 2.24) is 15.0 Å². The molecule has 4 rings (SSSR count). The van der Waals surface area contributed by atoms with Gasteiger partial charge in [0, 0.05) is 37.5 Å². The molecule has 0 bridgehead atoms. The van der Waals surface area contributed by atoms with Crippen molar-refractivity contribution >= 4 is 38.7 Å². The van der Waals surface area contributed by atoms with Crippen molar-refractivity contribution in [3.05, 3.63) is 28.8 Å². The lowest BCUT2D eigenvalue weighted by Crippen LogP contribution is -2.38. The number of fused-ring (bicyclic) bond motifs is 1. The van der Waals surface area contributed by atoms with Crippen LogP contribution in [-0.2, 0) is 0 Å². The summed E-state index contributed by atoms with van der Waals surface area (Å²) < 4.78 is 7.12. The van der Waals surface area contributed by atoms with Gasteiger partial charge in [0.25, 0.3) is 5.19 Å². The summed E-state index contributed by atoms with van der Waals surface area (Å²) in [6.45, 7) is 4.02. The Morgan fingerprint density at radius 3 is 2.82 bits per heavy atom. The maximum atomic E-state index is 5.92. The number of hydrogen-bond donors (Lipinski definition) is 0. The van der Waals surface area contributed by atoms with Crippen LogP contribution in [0.4, 0.5) is 5.82 Å². The Bertz CT molecular complexity index is 763. The van der Waals surface area contributed by atoms with Gasteiger partial charge in [0.1, 0.15) is 18.2 Å². The van der Waals surface area contributed by atoms with Crippen LogP contribution in [0.15, 0.2) is 23.3 Å². The number of piperidine rings is 1. The molecule has 1 saturated heterocycles. The van der Waals surface area contributed by atoms with E-state index in [1.54, 1.807) is 35.2 Å². The zero-order valence-corrected chi connectivity index (χ0v) is 13.9. The summed E-state index contributed by atoms with van der Waals surface area (Å²) in [6, 6.07) is 0. The minimum atomic E-state index is 0.254. The number of nitrogens with zero attached hydrogens (tertiary/aromatic N) is 4. The van der Waals surface area contributed by atoms with E-state index >= 15 is 0 Å². The van der Waals surface area contributed by atoms with E-state index in [0.717, 1.165) is 42.5 Å². The molecule has 4 heterocycles. The number of hydrogen-bond acceptors (Lipinski definition) is 7. The zero-order valence-electron chi connectivity index (χ0n) is 12.2. The van der Waals surface area contributed by atoms with Crippen LogP contribution in [0, 0.1) is 6.92 Å². The van der Waals surface area contributed by atoms with Crippen LogP contribution in [0.25, 0.3) is 10.2 Å². The normalized spacial score (nSPS) is 16.3. The van der Waals surface area contributed by atoms with Gasteiger partial charge >= 0.3 is 0 Å². The molecule has 22 heavy (non-hydrogen) atoms. The van der Waals surface area contributed by atoms with Gasteiger partial charge in [0.15, 0.2) is 0 Å². The van der Waals surface area contributed by atoms with Gasteiger partial charge in [0.2, 0.25) is 0 Å². The van der Waals surface area contributed by atoms with E-state index < -0.39 is 0 Å². The number of anilines is 1. The molecular formula is C15H16N4OS2. The third-order valence-corrected chi connectivity index (χ3v) is 5.67. The summed E-state index contributed by atoms with van der Waals surface area (Å²) in [5.41, 5.74) is 2.31. The van der Waals surface area contributed by atoms with E-state index in [-0.39, 0.29) is 6.10 Å².